The number of aliphatic hydroxyl groups is 1. The van der Waals surface area contributed by atoms with Crippen LogP contribution in [0.2, 0.25) is 0 Å². The van der Waals surface area contributed by atoms with Crippen molar-refractivity contribution in [1.82, 2.24) is 9.88 Å². The Morgan fingerprint density at radius 3 is 3.11 bits per heavy atom. The molecule has 96 valence electrons. The Bertz CT molecular complexity index is 427. The Kier molecular flexibility index (Phi) is 4.68. The number of nitrogens with zero attached hydrogens (tertiary/aromatic N) is 3. The van der Waals surface area contributed by atoms with E-state index in [1.54, 1.807) is 6.20 Å². The average Bonchev–Trinajstić information content (AvgIpc) is 2.64. The molecule has 1 unspecified atom stereocenters. The van der Waals surface area contributed by atoms with E-state index in [9.17, 15) is 5.11 Å². The van der Waals surface area contributed by atoms with Gasteiger partial charge < -0.3 is 5.11 Å². The minimum absolute atomic E-state index is 0.218. The third-order valence-electron chi connectivity index (χ3n) is 3.53. The van der Waals surface area contributed by atoms with Gasteiger partial charge in [-0.05, 0) is 37.1 Å². The Hall–Kier alpha value is -1.44. The van der Waals surface area contributed by atoms with Gasteiger partial charge >= 0.3 is 0 Å². The molecule has 1 aliphatic heterocycles. The van der Waals surface area contributed by atoms with Crippen molar-refractivity contribution < 1.29 is 5.11 Å². The Balaban J connectivity index is 2.07. The molecule has 2 rings (SSSR count). The molecule has 1 aliphatic rings. The first kappa shape index (κ1) is 13.0. The number of pyridine rings is 1. The highest BCUT2D eigenvalue weighted by Gasteiger charge is 2.20. The lowest BCUT2D eigenvalue weighted by molar-refractivity contribution is 0.118. The molecule has 0 saturated carbocycles. The predicted molar refractivity (Wildman–Crippen MR) is 68.7 cm³/mol. The highest BCUT2D eigenvalue weighted by atomic mass is 16.3. The highest BCUT2D eigenvalue weighted by Crippen LogP contribution is 2.19. The summed E-state index contributed by atoms with van der Waals surface area (Å²) in [4.78, 5) is 6.30. The summed E-state index contributed by atoms with van der Waals surface area (Å²) >= 11 is 0. The first-order valence-electron chi connectivity index (χ1n) is 6.53. The number of hydrogen-bond acceptors (Lipinski definition) is 4. The number of hydrogen-bond donors (Lipinski definition) is 1. The van der Waals surface area contributed by atoms with Gasteiger partial charge in [0, 0.05) is 18.8 Å². The van der Waals surface area contributed by atoms with Crippen molar-refractivity contribution in [3.8, 4) is 6.07 Å². The van der Waals surface area contributed by atoms with Gasteiger partial charge in [-0.2, -0.15) is 5.26 Å². The molecule has 0 aromatic carbocycles. The molecule has 1 N–H and O–H groups in total. The van der Waals surface area contributed by atoms with Crippen molar-refractivity contribution in [2.45, 2.75) is 38.3 Å². The maximum absolute atomic E-state index is 9.46. The second-order valence-electron chi connectivity index (χ2n) is 4.82. The summed E-state index contributed by atoms with van der Waals surface area (Å²) in [6.07, 6.45) is 6.37. The number of aliphatic hydroxyl groups excluding tert-OH is 1. The normalized spacial score (nSPS) is 21.2. The molecule has 4 nitrogen and oxygen atoms in total. The van der Waals surface area contributed by atoms with Crippen LogP contribution in [-0.4, -0.2) is 34.2 Å². The minimum Gasteiger partial charge on any atom is -0.395 e. The van der Waals surface area contributed by atoms with E-state index in [0.29, 0.717) is 5.69 Å². The van der Waals surface area contributed by atoms with Crippen molar-refractivity contribution in [3.05, 3.63) is 29.6 Å². The van der Waals surface area contributed by atoms with Crippen LogP contribution in [0, 0.1) is 11.3 Å². The lowest BCUT2D eigenvalue weighted by Crippen LogP contribution is -2.36. The molecule has 0 radical (unpaired) electrons. The number of likely N-dealkylation sites (tertiary alicyclic amines) is 1. The molecule has 1 aromatic heterocycles. The first-order valence-corrected chi connectivity index (χ1v) is 6.53. The van der Waals surface area contributed by atoms with Crippen LogP contribution in [0.3, 0.4) is 0 Å². The summed E-state index contributed by atoms with van der Waals surface area (Å²) in [7, 11) is 0. The van der Waals surface area contributed by atoms with E-state index in [1.165, 1.54) is 19.3 Å². The molecule has 4 heteroatoms. The van der Waals surface area contributed by atoms with Crippen LogP contribution < -0.4 is 0 Å². The van der Waals surface area contributed by atoms with Crippen LogP contribution in [-0.2, 0) is 6.54 Å². The van der Waals surface area contributed by atoms with Crippen LogP contribution >= 0.6 is 0 Å². The lowest BCUT2D eigenvalue weighted by atomic mass is 10.1. The van der Waals surface area contributed by atoms with Crippen molar-refractivity contribution in [1.29, 1.82) is 5.26 Å². The molecule has 1 aromatic rings. The zero-order chi connectivity index (χ0) is 12.8. The van der Waals surface area contributed by atoms with E-state index >= 15 is 0 Å². The number of nitriles is 1. The van der Waals surface area contributed by atoms with Gasteiger partial charge in [0.25, 0.3) is 0 Å². The van der Waals surface area contributed by atoms with Gasteiger partial charge in [0.15, 0.2) is 0 Å². The second kappa shape index (κ2) is 6.48. The summed E-state index contributed by atoms with van der Waals surface area (Å²) < 4.78 is 0. The summed E-state index contributed by atoms with van der Waals surface area (Å²) in [6.45, 7) is 2.04. The number of rotatable bonds is 3. The number of aromatic nitrogens is 1. The van der Waals surface area contributed by atoms with E-state index in [1.807, 2.05) is 12.1 Å². The van der Waals surface area contributed by atoms with E-state index in [-0.39, 0.29) is 12.6 Å². The summed E-state index contributed by atoms with van der Waals surface area (Å²) in [5.74, 6) is 0. The second-order valence-corrected chi connectivity index (χ2v) is 4.82. The monoisotopic (exact) mass is 245 g/mol. The fourth-order valence-corrected chi connectivity index (χ4v) is 2.52. The quantitative estimate of drug-likeness (QED) is 0.880. The molecule has 1 fully saturated rings. The van der Waals surface area contributed by atoms with Crippen LogP contribution in [0.15, 0.2) is 18.3 Å². The van der Waals surface area contributed by atoms with Crippen LogP contribution in [0.5, 0.6) is 0 Å². The molecule has 0 bridgehead atoms. The van der Waals surface area contributed by atoms with Crippen molar-refractivity contribution in [3.63, 3.8) is 0 Å². The van der Waals surface area contributed by atoms with Crippen LogP contribution in [0.4, 0.5) is 0 Å². The molecule has 1 atom stereocenters. The predicted octanol–water partition coefficient (Wildman–Crippen LogP) is 1.69. The zero-order valence-corrected chi connectivity index (χ0v) is 10.5. The van der Waals surface area contributed by atoms with Gasteiger partial charge in [-0.15, -0.1) is 0 Å². The molecule has 0 aliphatic carbocycles. The van der Waals surface area contributed by atoms with Crippen molar-refractivity contribution in [2.24, 2.45) is 0 Å². The Morgan fingerprint density at radius 2 is 2.33 bits per heavy atom. The van der Waals surface area contributed by atoms with Gasteiger partial charge in [0.05, 0.1) is 6.61 Å². The summed E-state index contributed by atoms with van der Waals surface area (Å²) in [5.41, 5.74) is 1.56. The van der Waals surface area contributed by atoms with Gasteiger partial charge in [0.1, 0.15) is 11.8 Å². The van der Waals surface area contributed by atoms with Gasteiger partial charge in [0.2, 0.25) is 0 Å². The first-order chi connectivity index (χ1) is 8.83. The van der Waals surface area contributed by atoms with Crippen molar-refractivity contribution in [2.75, 3.05) is 13.2 Å². The highest BCUT2D eigenvalue weighted by molar-refractivity contribution is 5.25. The largest absolute Gasteiger partial charge is 0.395 e. The lowest BCUT2D eigenvalue weighted by Gasteiger charge is -2.28. The molecule has 2 heterocycles. The van der Waals surface area contributed by atoms with E-state index in [2.05, 4.69) is 16.0 Å². The Morgan fingerprint density at radius 1 is 1.44 bits per heavy atom. The van der Waals surface area contributed by atoms with E-state index in [4.69, 9.17) is 5.26 Å². The molecule has 1 saturated heterocycles. The SMILES string of the molecule is N#Cc1cc(CN2CCCCCC2CO)ccn1. The minimum atomic E-state index is 0.218. The molecular weight excluding hydrogens is 226 g/mol. The maximum atomic E-state index is 9.46. The summed E-state index contributed by atoms with van der Waals surface area (Å²) in [6, 6.07) is 6.10. The zero-order valence-electron chi connectivity index (χ0n) is 10.5. The van der Waals surface area contributed by atoms with Gasteiger partial charge in [-0.3, -0.25) is 4.90 Å². The van der Waals surface area contributed by atoms with Crippen LogP contribution in [0.25, 0.3) is 0 Å². The van der Waals surface area contributed by atoms with Gasteiger partial charge in [-0.25, -0.2) is 4.98 Å². The maximum Gasteiger partial charge on any atom is 0.140 e. The molecule has 0 amide bonds. The third kappa shape index (κ3) is 3.28. The molecular formula is C14H19N3O. The Labute approximate surface area is 108 Å². The smallest absolute Gasteiger partial charge is 0.140 e. The van der Waals surface area contributed by atoms with E-state index < -0.39 is 0 Å². The molecule has 18 heavy (non-hydrogen) atoms. The van der Waals surface area contributed by atoms with E-state index in [0.717, 1.165) is 25.1 Å². The van der Waals surface area contributed by atoms with Crippen molar-refractivity contribution >= 4 is 0 Å². The fraction of sp³-hybridized carbons (Fsp3) is 0.571. The third-order valence-corrected chi connectivity index (χ3v) is 3.53. The molecule has 0 spiro atoms. The van der Waals surface area contributed by atoms with Crippen LogP contribution in [0.1, 0.15) is 36.9 Å². The average molecular weight is 245 g/mol. The topological polar surface area (TPSA) is 60.2 Å². The van der Waals surface area contributed by atoms with Gasteiger partial charge in [-0.1, -0.05) is 12.8 Å². The standard InChI is InChI=1S/C14H19N3O/c15-9-13-8-12(5-6-16-13)10-17-7-3-1-2-4-14(17)11-18/h5-6,8,14,18H,1-4,7,10-11H2. The fourth-order valence-electron chi connectivity index (χ4n) is 2.52. The summed E-state index contributed by atoms with van der Waals surface area (Å²) in [5, 5.41) is 18.3.